The number of carbonyl (C=O) groups is 1. The first-order chi connectivity index (χ1) is 17.0. The molecule has 0 atom stereocenters. The summed E-state index contributed by atoms with van der Waals surface area (Å²) < 4.78 is 12.6. The zero-order valence-corrected chi connectivity index (χ0v) is 20.7. The summed E-state index contributed by atoms with van der Waals surface area (Å²) in [5.74, 6) is 1.89. The van der Waals surface area contributed by atoms with Crippen LogP contribution in [0, 0.1) is 10.7 Å². The maximum atomic E-state index is 13.1. The number of aromatic amines is 1. The minimum Gasteiger partial charge on any atom is -0.454 e. The van der Waals surface area contributed by atoms with Crippen molar-refractivity contribution in [3.8, 4) is 11.5 Å². The number of amides is 1. The predicted octanol–water partition coefficient (Wildman–Crippen LogP) is 3.69. The first-order valence-electron chi connectivity index (χ1n) is 12.1. The Morgan fingerprint density at radius 2 is 1.86 bits per heavy atom. The summed E-state index contributed by atoms with van der Waals surface area (Å²) in [4.78, 5) is 31.2. The van der Waals surface area contributed by atoms with Crippen LogP contribution in [0.2, 0.25) is 0 Å². The summed E-state index contributed by atoms with van der Waals surface area (Å²) in [6.45, 7) is 6.75. The monoisotopic (exact) mass is 494 g/mol. The number of H-pyrrole nitrogens is 1. The van der Waals surface area contributed by atoms with E-state index in [0.29, 0.717) is 45.8 Å². The highest BCUT2D eigenvalue weighted by molar-refractivity contribution is 7.71. The van der Waals surface area contributed by atoms with Crippen molar-refractivity contribution in [2.45, 2.75) is 32.7 Å². The van der Waals surface area contributed by atoms with E-state index in [0.717, 1.165) is 37.5 Å². The summed E-state index contributed by atoms with van der Waals surface area (Å²) in [6.07, 6.45) is 3.47. The Morgan fingerprint density at radius 1 is 1.14 bits per heavy atom. The van der Waals surface area contributed by atoms with Gasteiger partial charge in [-0.2, -0.15) is 0 Å². The summed E-state index contributed by atoms with van der Waals surface area (Å²) >= 11 is 5.44. The lowest BCUT2D eigenvalue weighted by Crippen LogP contribution is -2.35. The quantitative estimate of drug-likeness (QED) is 0.385. The van der Waals surface area contributed by atoms with Crippen molar-refractivity contribution < 1.29 is 14.3 Å². The molecule has 0 saturated carbocycles. The Hall–Kier alpha value is -3.17. The molecule has 2 N–H and O–H groups in total. The molecule has 2 aromatic carbocycles. The second-order valence-corrected chi connectivity index (χ2v) is 9.79. The number of fused-ring (bicyclic) bond motifs is 2. The Labute approximate surface area is 208 Å². The third kappa shape index (κ3) is 5.26. The van der Waals surface area contributed by atoms with E-state index >= 15 is 0 Å². The van der Waals surface area contributed by atoms with Gasteiger partial charge in [-0.05, 0) is 80.8 Å². The summed E-state index contributed by atoms with van der Waals surface area (Å²) in [5, 5.41) is 3.49. The zero-order valence-electron chi connectivity index (χ0n) is 19.8. The first kappa shape index (κ1) is 23.6. The molecule has 1 fully saturated rings. The van der Waals surface area contributed by atoms with E-state index in [1.807, 2.05) is 12.1 Å². The number of benzene rings is 2. The molecule has 1 saturated heterocycles. The maximum absolute atomic E-state index is 13.1. The fraction of sp³-hybridized carbons (Fsp3) is 0.423. The summed E-state index contributed by atoms with van der Waals surface area (Å²) in [5.41, 5.74) is 1.89. The molecule has 9 heteroatoms. The van der Waals surface area contributed by atoms with E-state index in [1.165, 1.54) is 17.4 Å². The van der Waals surface area contributed by atoms with Gasteiger partial charge in [0.25, 0.3) is 11.5 Å². The van der Waals surface area contributed by atoms with E-state index in [4.69, 9.17) is 21.7 Å². The van der Waals surface area contributed by atoms with Crippen molar-refractivity contribution in [2.75, 3.05) is 33.0 Å². The SMILES string of the molecule is CC1CCN(CCCNC(=O)c2ccc(Cn3c(=S)[nH]c4cc5c(cc4c3=O)OCO5)cc2)CC1. The molecule has 8 nitrogen and oxygen atoms in total. The number of rotatable bonds is 7. The third-order valence-corrected chi connectivity index (χ3v) is 7.17. The van der Waals surface area contributed by atoms with Crippen LogP contribution in [-0.4, -0.2) is 53.3 Å². The molecule has 0 spiro atoms. The number of aromatic nitrogens is 2. The minimum atomic E-state index is -0.202. The summed E-state index contributed by atoms with van der Waals surface area (Å²) in [7, 11) is 0. The molecule has 35 heavy (non-hydrogen) atoms. The molecular formula is C26H30N4O4S. The largest absolute Gasteiger partial charge is 0.454 e. The van der Waals surface area contributed by atoms with Crippen LogP contribution < -0.4 is 20.3 Å². The van der Waals surface area contributed by atoms with Gasteiger partial charge < -0.3 is 24.7 Å². The molecule has 2 aliphatic rings. The van der Waals surface area contributed by atoms with Gasteiger partial charge in [0.2, 0.25) is 6.79 Å². The number of piperidine rings is 1. The van der Waals surface area contributed by atoms with Crippen LogP contribution in [0.15, 0.2) is 41.2 Å². The fourth-order valence-electron chi connectivity index (χ4n) is 4.62. The Balaban J connectivity index is 1.20. The molecule has 184 valence electrons. The minimum absolute atomic E-state index is 0.0833. The van der Waals surface area contributed by atoms with Gasteiger partial charge in [0.05, 0.1) is 17.4 Å². The maximum Gasteiger partial charge on any atom is 0.262 e. The number of carbonyl (C=O) groups excluding carboxylic acids is 1. The van der Waals surface area contributed by atoms with Crippen LogP contribution >= 0.6 is 12.2 Å². The topological polar surface area (TPSA) is 88.6 Å². The van der Waals surface area contributed by atoms with Crippen LogP contribution in [0.4, 0.5) is 0 Å². The molecule has 3 aromatic rings. The van der Waals surface area contributed by atoms with Gasteiger partial charge in [-0.25, -0.2) is 0 Å². The Kier molecular flexibility index (Phi) is 6.88. The smallest absolute Gasteiger partial charge is 0.262 e. The molecule has 1 amide bonds. The zero-order chi connectivity index (χ0) is 24.4. The van der Waals surface area contributed by atoms with E-state index in [1.54, 1.807) is 24.3 Å². The number of ether oxygens (including phenoxy) is 2. The van der Waals surface area contributed by atoms with Crippen LogP contribution in [-0.2, 0) is 6.54 Å². The number of likely N-dealkylation sites (tertiary alicyclic amines) is 1. The number of nitrogens with zero attached hydrogens (tertiary/aromatic N) is 2. The second-order valence-electron chi connectivity index (χ2n) is 9.40. The molecule has 0 aliphatic carbocycles. The molecule has 0 radical (unpaired) electrons. The molecule has 5 rings (SSSR count). The van der Waals surface area contributed by atoms with Crippen LogP contribution in [0.3, 0.4) is 0 Å². The van der Waals surface area contributed by atoms with Gasteiger partial charge in [-0.15, -0.1) is 0 Å². The van der Waals surface area contributed by atoms with Gasteiger partial charge in [0.15, 0.2) is 16.3 Å². The Bertz CT molecular complexity index is 1340. The fourth-order valence-corrected chi connectivity index (χ4v) is 4.88. The van der Waals surface area contributed by atoms with E-state index in [9.17, 15) is 9.59 Å². The van der Waals surface area contributed by atoms with Gasteiger partial charge in [0, 0.05) is 18.2 Å². The number of hydrogen-bond donors (Lipinski definition) is 2. The van der Waals surface area contributed by atoms with Gasteiger partial charge in [-0.3, -0.25) is 14.2 Å². The van der Waals surface area contributed by atoms with Gasteiger partial charge >= 0.3 is 0 Å². The highest BCUT2D eigenvalue weighted by Gasteiger charge is 2.18. The highest BCUT2D eigenvalue weighted by atomic mass is 32.1. The van der Waals surface area contributed by atoms with E-state index in [2.05, 4.69) is 22.1 Å². The van der Waals surface area contributed by atoms with Gasteiger partial charge in [0.1, 0.15) is 0 Å². The standard InChI is InChI=1S/C26H30N4O4S/c1-17-7-11-29(12-8-17)10-2-9-27-24(31)19-5-3-18(4-6-19)15-30-25(32)20-13-22-23(34-16-33-22)14-21(20)28-26(30)35/h3-6,13-14,17H,2,7-12,15-16H2,1H3,(H,27,31)(H,28,35). The van der Waals surface area contributed by atoms with Crippen LogP contribution in [0.5, 0.6) is 11.5 Å². The molecular weight excluding hydrogens is 464 g/mol. The average Bonchev–Trinajstić information content (AvgIpc) is 3.32. The third-order valence-electron chi connectivity index (χ3n) is 6.84. The molecule has 2 aliphatic heterocycles. The second kappa shape index (κ2) is 10.2. The van der Waals surface area contributed by atoms with E-state index in [-0.39, 0.29) is 18.3 Å². The van der Waals surface area contributed by atoms with Crippen molar-refractivity contribution in [3.63, 3.8) is 0 Å². The lowest BCUT2D eigenvalue weighted by atomic mass is 9.99. The van der Waals surface area contributed by atoms with E-state index < -0.39 is 0 Å². The average molecular weight is 495 g/mol. The summed E-state index contributed by atoms with van der Waals surface area (Å²) in [6, 6.07) is 10.7. The van der Waals surface area contributed by atoms with Crippen molar-refractivity contribution in [1.29, 1.82) is 0 Å². The normalized spacial score (nSPS) is 16.0. The predicted molar refractivity (Wildman–Crippen MR) is 137 cm³/mol. The highest BCUT2D eigenvalue weighted by Crippen LogP contribution is 2.34. The van der Waals surface area contributed by atoms with Crippen molar-refractivity contribution >= 4 is 29.0 Å². The molecule has 3 heterocycles. The molecule has 0 bridgehead atoms. The number of nitrogens with one attached hydrogen (secondary N) is 2. The lowest BCUT2D eigenvalue weighted by molar-refractivity contribution is 0.0950. The van der Waals surface area contributed by atoms with Crippen molar-refractivity contribution in [2.24, 2.45) is 5.92 Å². The van der Waals surface area contributed by atoms with Crippen molar-refractivity contribution in [1.82, 2.24) is 19.8 Å². The Morgan fingerprint density at radius 3 is 2.60 bits per heavy atom. The van der Waals surface area contributed by atoms with Crippen molar-refractivity contribution in [3.05, 3.63) is 62.6 Å². The molecule has 0 unspecified atom stereocenters. The van der Waals surface area contributed by atoms with Crippen LogP contribution in [0.25, 0.3) is 10.9 Å². The number of hydrogen-bond acceptors (Lipinski definition) is 6. The van der Waals surface area contributed by atoms with Crippen LogP contribution in [0.1, 0.15) is 42.1 Å². The molecule has 1 aromatic heterocycles. The lowest BCUT2D eigenvalue weighted by Gasteiger charge is -2.30. The first-order valence-corrected chi connectivity index (χ1v) is 12.5. The van der Waals surface area contributed by atoms with Gasteiger partial charge in [-0.1, -0.05) is 19.1 Å².